The van der Waals surface area contributed by atoms with Crippen LogP contribution in [0.25, 0.3) is 0 Å². The minimum atomic E-state index is -1.30. The Labute approximate surface area is 95.8 Å². The molecule has 1 aromatic carbocycles. The molecule has 1 atom stereocenters. The highest BCUT2D eigenvalue weighted by atomic mass is 19.2. The van der Waals surface area contributed by atoms with Crippen LogP contribution in [-0.4, -0.2) is 30.1 Å². The fourth-order valence-corrected chi connectivity index (χ4v) is 1.23. The number of carboxylic acids is 1. The summed E-state index contributed by atoms with van der Waals surface area (Å²) in [5.41, 5.74) is -0.0906. The van der Waals surface area contributed by atoms with Gasteiger partial charge in [-0.15, -0.1) is 0 Å². The van der Waals surface area contributed by atoms with Crippen LogP contribution in [0.3, 0.4) is 0 Å². The highest BCUT2D eigenvalue weighted by Crippen LogP contribution is 2.12. The maximum Gasteiger partial charge on any atom is 0.333 e. The molecule has 1 aromatic rings. The summed E-state index contributed by atoms with van der Waals surface area (Å²) in [5, 5.41) is 8.66. The lowest BCUT2D eigenvalue weighted by Gasteiger charge is -2.09. The van der Waals surface area contributed by atoms with Crippen LogP contribution in [0, 0.1) is 11.6 Å². The number of ketones is 1. The maximum atomic E-state index is 12.8. The molecule has 17 heavy (non-hydrogen) atoms. The lowest BCUT2D eigenvalue weighted by atomic mass is 10.0. The number of carboxylic acid groups (broad SMARTS) is 1. The second kappa shape index (κ2) is 5.49. The second-order valence-electron chi connectivity index (χ2n) is 3.32. The van der Waals surface area contributed by atoms with Crippen LogP contribution in [0.4, 0.5) is 8.78 Å². The Morgan fingerprint density at radius 2 is 2.00 bits per heavy atom. The minimum absolute atomic E-state index is 0.0906. The number of rotatable bonds is 5. The number of benzene rings is 1. The van der Waals surface area contributed by atoms with Crippen molar-refractivity contribution in [1.82, 2.24) is 0 Å². The molecule has 0 bridgehead atoms. The molecule has 0 saturated heterocycles. The summed E-state index contributed by atoms with van der Waals surface area (Å²) < 4.78 is 30.0. The van der Waals surface area contributed by atoms with E-state index in [0.29, 0.717) is 0 Å². The molecule has 0 aromatic heterocycles. The van der Waals surface area contributed by atoms with Gasteiger partial charge in [-0.2, -0.15) is 0 Å². The number of carbonyl (C=O) groups excluding carboxylic acids is 1. The van der Waals surface area contributed by atoms with Crippen molar-refractivity contribution in [2.45, 2.75) is 12.5 Å². The van der Waals surface area contributed by atoms with Gasteiger partial charge in [0.15, 0.2) is 23.5 Å². The normalized spacial score (nSPS) is 12.2. The van der Waals surface area contributed by atoms with E-state index in [9.17, 15) is 18.4 Å². The number of hydrogen-bond donors (Lipinski definition) is 1. The molecule has 1 N–H and O–H groups in total. The number of halogens is 2. The largest absolute Gasteiger partial charge is 0.479 e. The van der Waals surface area contributed by atoms with Crippen LogP contribution in [0.5, 0.6) is 0 Å². The first-order valence-electron chi connectivity index (χ1n) is 4.69. The minimum Gasteiger partial charge on any atom is -0.479 e. The first-order valence-corrected chi connectivity index (χ1v) is 4.69. The van der Waals surface area contributed by atoms with E-state index < -0.39 is 35.9 Å². The third kappa shape index (κ3) is 3.32. The third-order valence-corrected chi connectivity index (χ3v) is 2.17. The van der Waals surface area contributed by atoms with E-state index >= 15 is 0 Å². The predicted octanol–water partition coefficient (Wildman–Crippen LogP) is 1.64. The molecule has 0 amide bonds. The Kier molecular flexibility index (Phi) is 4.28. The van der Waals surface area contributed by atoms with Gasteiger partial charge in [0.1, 0.15) is 0 Å². The third-order valence-electron chi connectivity index (χ3n) is 2.17. The molecule has 0 spiro atoms. The summed E-state index contributed by atoms with van der Waals surface area (Å²) in [5.74, 6) is -4.13. The summed E-state index contributed by atoms with van der Waals surface area (Å²) in [6.07, 6.45) is -1.73. The Balaban J connectivity index is 2.82. The zero-order valence-corrected chi connectivity index (χ0v) is 8.94. The monoisotopic (exact) mass is 244 g/mol. The Morgan fingerprint density at radius 1 is 1.35 bits per heavy atom. The summed E-state index contributed by atoms with van der Waals surface area (Å²) in [6, 6.07) is 2.63. The van der Waals surface area contributed by atoms with Gasteiger partial charge in [0.2, 0.25) is 0 Å². The molecule has 6 heteroatoms. The Hall–Kier alpha value is -1.82. The van der Waals surface area contributed by atoms with Gasteiger partial charge in [-0.05, 0) is 18.2 Å². The standard InChI is InChI=1S/C11H10F2O4/c1-17-10(11(15)16)5-9(14)6-2-3-7(12)8(13)4-6/h2-4,10H,5H2,1H3,(H,15,16). The number of methoxy groups -OCH3 is 1. The average molecular weight is 244 g/mol. The summed E-state index contributed by atoms with van der Waals surface area (Å²) in [7, 11) is 1.15. The van der Waals surface area contributed by atoms with E-state index in [-0.39, 0.29) is 5.56 Å². The topological polar surface area (TPSA) is 63.6 Å². The van der Waals surface area contributed by atoms with Crippen LogP contribution in [-0.2, 0) is 9.53 Å². The number of hydrogen-bond acceptors (Lipinski definition) is 3. The van der Waals surface area contributed by atoms with Crippen molar-refractivity contribution in [2.24, 2.45) is 0 Å². The molecule has 0 aliphatic carbocycles. The first kappa shape index (κ1) is 13.2. The van der Waals surface area contributed by atoms with Crippen molar-refractivity contribution in [2.75, 3.05) is 7.11 Å². The average Bonchev–Trinajstić information content (AvgIpc) is 2.28. The van der Waals surface area contributed by atoms with Gasteiger partial charge in [0, 0.05) is 19.1 Å². The summed E-state index contributed by atoms with van der Waals surface area (Å²) in [4.78, 5) is 22.2. The van der Waals surface area contributed by atoms with Gasteiger partial charge >= 0.3 is 5.97 Å². The number of aliphatic carboxylic acids is 1. The van der Waals surface area contributed by atoms with Gasteiger partial charge in [-0.25, -0.2) is 13.6 Å². The molecule has 1 unspecified atom stereocenters. The molecule has 4 nitrogen and oxygen atoms in total. The molecule has 0 heterocycles. The molecule has 92 valence electrons. The van der Waals surface area contributed by atoms with Crippen molar-refractivity contribution in [3.05, 3.63) is 35.4 Å². The van der Waals surface area contributed by atoms with Crippen LogP contribution in [0.15, 0.2) is 18.2 Å². The smallest absolute Gasteiger partial charge is 0.333 e. The molecule has 0 fully saturated rings. The van der Waals surface area contributed by atoms with E-state index in [1.54, 1.807) is 0 Å². The van der Waals surface area contributed by atoms with Gasteiger partial charge < -0.3 is 9.84 Å². The highest BCUT2D eigenvalue weighted by Gasteiger charge is 2.21. The molecule has 0 radical (unpaired) electrons. The number of carbonyl (C=O) groups is 2. The molecule has 1 rings (SSSR count). The maximum absolute atomic E-state index is 12.8. The Bertz CT molecular complexity index is 445. The predicted molar refractivity (Wildman–Crippen MR) is 53.7 cm³/mol. The molecular formula is C11H10F2O4. The van der Waals surface area contributed by atoms with E-state index in [2.05, 4.69) is 4.74 Å². The lowest BCUT2D eigenvalue weighted by molar-refractivity contribution is -0.148. The van der Waals surface area contributed by atoms with Gasteiger partial charge in [0.25, 0.3) is 0 Å². The zero-order valence-electron chi connectivity index (χ0n) is 8.94. The zero-order chi connectivity index (χ0) is 13.0. The highest BCUT2D eigenvalue weighted by molar-refractivity contribution is 5.98. The fraction of sp³-hybridized carbons (Fsp3) is 0.273. The van der Waals surface area contributed by atoms with Gasteiger partial charge in [-0.1, -0.05) is 0 Å². The van der Waals surface area contributed by atoms with Crippen molar-refractivity contribution in [3.8, 4) is 0 Å². The van der Waals surface area contributed by atoms with Crippen molar-refractivity contribution in [1.29, 1.82) is 0 Å². The fourth-order valence-electron chi connectivity index (χ4n) is 1.23. The van der Waals surface area contributed by atoms with Crippen LogP contribution < -0.4 is 0 Å². The van der Waals surface area contributed by atoms with Crippen LogP contribution >= 0.6 is 0 Å². The SMILES string of the molecule is COC(CC(=O)c1ccc(F)c(F)c1)C(=O)O. The van der Waals surface area contributed by atoms with E-state index in [1.165, 1.54) is 0 Å². The van der Waals surface area contributed by atoms with Crippen molar-refractivity contribution >= 4 is 11.8 Å². The summed E-state index contributed by atoms with van der Waals surface area (Å²) in [6.45, 7) is 0. The van der Waals surface area contributed by atoms with Crippen LogP contribution in [0.1, 0.15) is 16.8 Å². The number of ether oxygens (including phenoxy) is 1. The van der Waals surface area contributed by atoms with Crippen molar-refractivity contribution in [3.63, 3.8) is 0 Å². The molecular weight excluding hydrogens is 234 g/mol. The molecule has 0 saturated carbocycles. The lowest BCUT2D eigenvalue weighted by Crippen LogP contribution is -2.25. The Morgan fingerprint density at radius 3 is 2.47 bits per heavy atom. The van der Waals surface area contributed by atoms with Crippen molar-refractivity contribution < 1.29 is 28.2 Å². The quantitative estimate of drug-likeness (QED) is 0.800. The van der Waals surface area contributed by atoms with Crippen LogP contribution in [0.2, 0.25) is 0 Å². The molecule has 0 aliphatic rings. The number of Topliss-reactive ketones (excluding diaryl/α,β-unsaturated/α-hetero) is 1. The van der Waals surface area contributed by atoms with E-state index in [4.69, 9.17) is 5.11 Å². The first-order chi connectivity index (χ1) is 7.95. The summed E-state index contributed by atoms with van der Waals surface area (Å²) >= 11 is 0. The molecule has 0 aliphatic heterocycles. The van der Waals surface area contributed by atoms with Gasteiger partial charge in [0.05, 0.1) is 0 Å². The van der Waals surface area contributed by atoms with Gasteiger partial charge in [-0.3, -0.25) is 4.79 Å². The second-order valence-corrected chi connectivity index (χ2v) is 3.32. The van der Waals surface area contributed by atoms with E-state index in [1.807, 2.05) is 0 Å². The van der Waals surface area contributed by atoms with E-state index in [0.717, 1.165) is 25.3 Å².